The number of rotatable bonds is 14. The summed E-state index contributed by atoms with van der Waals surface area (Å²) in [6.07, 6.45) is 5.43. The number of benzene rings is 1. The topological polar surface area (TPSA) is 114 Å². The van der Waals surface area contributed by atoms with Crippen LogP contribution in [0.5, 0.6) is 0 Å². The largest absolute Gasteiger partial charge is 0.384 e. The van der Waals surface area contributed by atoms with Crippen molar-refractivity contribution in [1.82, 2.24) is 20.4 Å². The molecule has 13 heteroatoms. The minimum Gasteiger partial charge on any atom is -0.384 e. The molecule has 3 amide bonds. The fourth-order valence-electron chi connectivity index (χ4n) is 7.27. The molecular weight excluding hydrogens is 618 g/mol. The molecule has 1 aromatic carbocycles. The van der Waals surface area contributed by atoms with Crippen LogP contribution in [0.4, 0.5) is 23.2 Å². The highest BCUT2D eigenvalue weighted by atomic mass is 19.3. The fraction of sp³-hybridized carbons (Fsp3) is 0.647. The van der Waals surface area contributed by atoms with E-state index in [4.69, 9.17) is 4.74 Å². The van der Waals surface area contributed by atoms with Gasteiger partial charge in [-0.25, -0.2) is 17.6 Å². The van der Waals surface area contributed by atoms with Gasteiger partial charge in [0.2, 0.25) is 18.1 Å². The maximum absolute atomic E-state index is 15.6. The molecule has 2 aromatic rings. The molecule has 0 bridgehead atoms. The number of methoxy groups -OCH3 is 1. The molecule has 0 aliphatic heterocycles. The third-order valence-corrected chi connectivity index (χ3v) is 9.54. The first-order chi connectivity index (χ1) is 22.5. The van der Waals surface area contributed by atoms with E-state index in [-0.39, 0.29) is 41.7 Å². The van der Waals surface area contributed by atoms with E-state index in [2.05, 4.69) is 15.7 Å². The van der Waals surface area contributed by atoms with Crippen LogP contribution in [-0.4, -0.2) is 60.0 Å². The Kier molecular flexibility index (Phi) is 13.2. The Labute approximate surface area is 273 Å². The average Bonchev–Trinajstić information content (AvgIpc) is 3.56. The molecule has 3 atom stereocenters. The van der Waals surface area contributed by atoms with Gasteiger partial charge in [0.15, 0.2) is 0 Å². The summed E-state index contributed by atoms with van der Waals surface area (Å²) in [4.78, 5) is 40.5. The molecule has 2 aliphatic carbocycles. The molecule has 0 spiro atoms. The molecule has 2 fully saturated rings. The molecule has 4 rings (SSSR count). The van der Waals surface area contributed by atoms with Crippen LogP contribution in [0, 0.1) is 23.6 Å². The summed E-state index contributed by atoms with van der Waals surface area (Å²) >= 11 is 0. The number of alkyl halides is 3. The molecular formula is C34H47F4N5O4. The maximum atomic E-state index is 15.6. The van der Waals surface area contributed by atoms with Crippen LogP contribution < -0.4 is 16.0 Å². The van der Waals surface area contributed by atoms with Gasteiger partial charge < -0.3 is 20.7 Å². The summed E-state index contributed by atoms with van der Waals surface area (Å²) in [5.41, 5.74) is 0.198. The smallest absolute Gasteiger partial charge is 0.287 e. The molecule has 2 unspecified atom stereocenters. The van der Waals surface area contributed by atoms with Crippen molar-refractivity contribution in [3.63, 3.8) is 0 Å². The van der Waals surface area contributed by atoms with Gasteiger partial charge in [-0.15, -0.1) is 0 Å². The minimum atomic E-state index is -3.43. The standard InChI is InChI=1S/C34H47F4N5O4/c1-20(2)43-27(16-17-39-43)33(45)41-29(28(21-10-6-4-7-11-21)22-12-8-5-9-13-22)34(46)40-26-15-14-23(18-25(26)35)24(19-47-3)32(44)42-31(38)30(36)37/h14-18,20-22,24,28-31H,4-13,19H2,1-3H3,(H,40,46)(H,41,45)(H,42,44)/t24?,29-,31?/m0/s1. The molecule has 0 radical (unpaired) electrons. The first kappa shape index (κ1) is 36.4. The number of carbonyl (C=O) groups is 3. The fourth-order valence-corrected chi connectivity index (χ4v) is 7.27. The molecule has 47 heavy (non-hydrogen) atoms. The van der Waals surface area contributed by atoms with Crippen molar-refractivity contribution in [3.8, 4) is 0 Å². The zero-order valence-corrected chi connectivity index (χ0v) is 27.3. The zero-order valence-electron chi connectivity index (χ0n) is 27.3. The molecule has 2 saturated carbocycles. The van der Waals surface area contributed by atoms with Crippen LogP contribution in [0.1, 0.15) is 106 Å². The summed E-state index contributed by atoms with van der Waals surface area (Å²) in [5, 5.41) is 11.6. The third-order valence-electron chi connectivity index (χ3n) is 9.54. The number of nitrogens with zero attached hydrogens (tertiary/aromatic N) is 2. The van der Waals surface area contributed by atoms with Gasteiger partial charge in [-0.2, -0.15) is 5.10 Å². The Bertz CT molecular complexity index is 1330. The second kappa shape index (κ2) is 17.1. The molecule has 9 nitrogen and oxygen atoms in total. The summed E-state index contributed by atoms with van der Waals surface area (Å²) in [5.74, 6) is -3.98. The second-order valence-corrected chi connectivity index (χ2v) is 13.1. The van der Waals surface area contributed by atoms with Crippen molar-refractivity contribution < 1.29 is 36.7 Å². The number of hydrogen-bond donors (Lipinski definition) is 3. The number of anilines is 1. The predicted octanol–water partition coefficient (Wildman–Crippen LogP) is 6.52. The van der Waals surface area contributed by atoms with E-state index in [9.17, 15) is 27.6 Å². The van der Waals surface area contributed by atoms with Crippen molar-refractivity contribution in [2.75, 3.05) is 19.0 Å². The number of amides is 3. The Balaban J connectivity index is 1.64. The number of hydrogen-bond acceptors (Lipinski definition) is 5. The van der Waals surface area contributed by atoms with Gasteiger partial charge in [0, 0.05) is 19.3 Å². The summed E-state index contributed by atoms with van der Waals surface area (Å²) < 4.78 is 61.1. The maximum Gasteiger partial charge on any atom is 0.287 e. The summed E-state index contributed by atoms with van der Waals surface area (Å²) in [6, 6.07) is 4.17. The van der Waals surface area contributed by atoms with Crippen molar-refractivity contribution in [3.05, 3.63) is 47.5 Å². The Morgan fingerprint density at radius 3 is 2.06 bits per heavy atom. The first-order valence-electron chi connectivity index (χ1n) is 16.7. The van der Waals surface area contributed by atoms with E-state index in [0.29, 0.717) is 5.69 Å². The third kappa shape index (κ3) is 9.33. The van der Waals surface area contributed by atoms with Crippen molar-refractivity contribution in [2.45, 2.75) is 109 Å². The van der Waals surface area contributed by atoms with Gasteiger partial charge in [0.1, 0.15) is 17.6 Å². The number of halogens is 4. The van der Waals surface area contributed by atoms with E-state index in [0.717, 1.165) is 70.3 Å². The molecule has 2 aliphatic rings. The second-order valence-electron chi connectivity index (χ2n) is 13.1. The van der Waals surface area contributed by atoms with Gasteiger partial charge in [0.25, 0.3) is 12.3 Å². The van der Waals surface area contributed by atoms with Gasteiger partial charge in [0.05, 0.1) is 18.2 Å². The minimum absolute atomic E-state index is 0.0513. The lowest BCUT2D eigenvalue weighted by molar-refractivity contribution is -0.127. The van der Waals surface area contributed by atoms with Gasteiger partial charge in [-0.1, -0.05) is 70.3 Å². The van der Waals surface area contributed by atoms with E-state index in [1.54, 1.807) is 22.3 Å². The van der Waals surface area contributed by atoms with Crippen molar-refractivity contribution in [2.24, 2.45) is 17.8 Å². The molecule has 0 saturated heterocycles. The normalized spacial score (nSPS) is 18.3. The lowest BCUT2D eigenvalue weighted by Gasteiger charge is -2.42. The molecule has 3 N–H and O–H groups in total. The SMILES string of the molecule is COCC(C(=O)NC(F)C(F)F)c1ccc(NC(=O)[C@@H](NC(=O)c2ccnn2C(C)C)C(C2CCCCC2)C2CCCCC2)c(F)c1. The molecule has 1 aromatic heterocycles. The lowest BCUT2D eigenvalue weighted by Crippen LogP contribution is -2.53. The quantitative estimate of drug-likeness (QED) is 0.157. The summed E-state index contributed by atoms with van der Waals surface area (Å²) in [6.45, 7) is 3.49. The van der Waals surface area contributed by atoms with E-state index < -0.39 is 48.2 Å². The lowest BCUT2D eigenvalue weighted by atomic mass is 9.66. The number of aromatic nitrogens is 2. The van der Waals surface area contributed by atoms with E-state index in [1.165, 1.54) is 19.2 Å². The Morgan fingerprint density at radius 1 is 0.915 bits per heavy atom. The Hall–Kier alpha value is -3.48. The number of nitrogens with one attached hydrogen (secondary N) is 3. The van der Waals surface area contributed by atoms with Crippen LogP contribution in [0.25, 0.3) is 0 Å². The summed E-state index contributed by atoms with van der Waals surface area (Å²) in [7, 11) is 1.27. The first-order valence-corrected chi connectivity index (χ1v) is 16.7. The van der Waals surface area contributed by atoms with Gasteiger partial charge >= 0.3 is 0 Å². The highest BCUT2D eigenvalue weighted by molar-refractivity contribution is 6.01. The molecule has 260 valence electrons. The van der Waals surface area contributed by atoms with E-state index >= 15 is 4.39 Å². The van der Waals surface area contributed by atoms with Crippen LogP contribution in [0.15, 0.2) is 30.5 Å². The predicted molar refractivity (Wildman–Crippen MR) is 169 cm³/mol. The highest BCUT2D eigenvalue weighted by Crippen LogP contribution is 2.42. The van der Waals surface area contributed by atoms with Gasteiger partial charge in [-0.05, 0) is 55.4 Å². The monoisotopic (exact) mass is 665 g/mol. The number of ether oxygens (including phenoxy) is 1. The van der Waals surface area contributed by atoms with Crippen LogP contribution in [-0.2, 0) is 14.3 Å². The van der Waals surface area contributed by atoms with Gasteiger partial charge in [-0.3, -0.25) is 19.1 Å². The Morgan fingerprint density at radius 2 is 1.53 bits per heavy atom. The molecule has 1 heterocycles. The average molecular weight is 666 g/mol. The van der Waals surface area contributed by atoms with E-state index in [1.807, 2.05) is 13.8 Å². The van der Waals surface area contributed by atoms with Crippen molar-refractivity contribution >= 4 is 23.4 Å². The number of carbonyl (C=O) groups excluding carboxylic acids is 3. The van der Waals surface area contributed by atoms with Crippen LogP contribution in [0.3, 0.4) is 0 Å². The van der Waals surface area contributed by atoms with Crippen molar-refractivity contribution in [1.29, 1.82) is 0 Å². The van der Waals surface area contributed by atoms with Crippen LogP contribution in [0.2, 0.25) is 0 Å². The van der Waals surface area contributed by atoms with Crippen LogP contribution >= 0.6 is 0 Å². The highest BCUT2D eigenvalue weighted by Gasteiger charge is 2.42. The zero-order chi connectivity index (χ0) is 34.1.